The molecule has 20 heavy (non-hydrogen) atoms. The highest BCUT2D eigenvalue weighted by Gasteiger charge is 2.25. The predicted octanol–water partition coefficient (Wildman–Crippen LogP) is 1.43. The summed E-state index contributed by atoms with van der Waals surface area (Å²) in [6, 6.07) is 3.44. The lowest BCUT2D eigenvalue weighted by Gasteiger charge is -2.36. The lowest BCUT2D eigenvalue weighted by atomic mass is 10.2. The Balaban J connectivity index is 1.92. The molecular formula is C14H21N3O3. The molecule has 1 saturated heterocycles. The molecule has 0 spiro atoms. The highest BCUT2D eigenvalue weighted by atomic mass is 16.6. The molecule has 6 heteroatoms. The summed E-state index contributed by atoms with van der Waals surface area (Å²) in [5.74, 6) is 0. The maximum Gasteiger partial charge on any atom is 0.410 e. The third-order valence-electron chi connectivity index (χ3n) is 3.06. The van der Waals surface area contributed by atoms with Gasteiger partial charge in [-0.15, -0.1) is 0 Å². The third kappa shape index (κ3) is 3.76. The number of aromatic amines is 1. The second-order valence-corrected chi connectivity index (χ2v) is 5.87. The van der Waals surface area contributed by atoms with Gasteiger partial charge in [0, 0.05) is 44.1 Å². The van der Waals surface area contributed by atoms with Gasteiger partial charge in [0.2, 0.25) is 5.56 Å². The van der Waals surface area contributed by atoms with Crippen LogP contribution in [0, 0.1) is 0 Å². The Bertz CT molecular complexity index is 525. The molecule has 0 aromatic carbocycles. The first-order chi connectivity index (χ1) is 9.35. The van der Waals surface area contributed by atoms with Crippen LogP contribution in [0.1, 0.15) is 20.8 Å². The van der Waals surface area contributed by atoms with E-state index in [1.54, 1.807) is 17.2 Å². The standard InChI is InChI=1S/C14H21N3O3/c1-14(2,3)20-13(19)17-8-6-16(7-9-17)11-4-5-15-12(18)10-11/h4-5,10H,6-9H2,1-3H3,(H,15,18). The average molecular weight is 279 g/mol. The largest absolute Gasteiger partial charge is 0.444 e. The van der Waals surface area contributed by atoms with E-state index in [1.807, 2.05) is 26.8 Å². The van der Waals surface area contributed by atoms with Crippen LogP contribution in [0.2, 0.25) is 0 Å². The van der Waals surface area contributed by atoms with Crippen molar-refractivity contribution in [3.63, 3.8) is 0 Å². The predicted molar refractivity (Wildman–Crippen MR) is 77.1 cm³/mol. The number of amides is 1. The van der Waals surface area contributed by atoms with Crippen molar-refractivity contribution in [1.29, 1.82) is 0 Å². The Morgan fingerprint density at radius 3 is 2.45 bits per heavy atom. The molecule has 1 aromatic rings. The normalized spacial score (nSPS) is 16.1. The smallest absolute Gasteiger partial charge is 0.410 e. The van der Waals surface area contributed by atoms with Crippen LogP contribution in [0.4, 0.5) is 10.5 Å². The number of nitrogens with zero attached hydrogens (tertiary/aromatic N) is 2. The van der Waals surface area contributed by atoms with Crippen molar-refractivity contribution < 1.29 is 9.53 Å². The van der Waals surface area contributed by atoms with E-state index in [-0.39, 0.29) is 11.7 Å². The van der Waals surface area contributed by atoms with Crippen molar-refractivity contribution in [1.82, 2.24) is 9.88 Å². The van der Waals surface area contributed by atoms with Crippen LogP contribution in [0.15, 0.2) is 23.1 Å². The first-order valence-electron chi connectivity index (χ1n) is 6.77. The van der Waals surface area contributed by atoms with Crippen LogP contribution < -0.4 is 10.5 Å². The number of pyridine rings is 1. The van der Waals surface area contributed by atoms with Crippen molar-refractivity contribution >= 4 is 11.8 Å². The van der Waals surface area contributed by atoms with Crippen molar-refractivity contribution in [2.45, 2.75) is 26.4 Å². The third-order valence-corrected chi connectivity index (χ3v) is 3.06. The molecule has 0 bridgehead atoms. The van der Waals surface area contributed by atoms with Gasteiger partial charge < -0.3 is 19.5 Å². The number of H-pyrrole nitrogens is 1. The zero-order chi connectivity index (χ0) is 14.8. The van der Waals surface area contributed by atoms with Crippen LogP contribution in [-0.2, 0) is 4.74 Å². The number of aromatic nitrogens is 1. The summed E-state index contributed by atoms with van der Waals surface area (Å²) < 4.78 is 5.35. The molecule has 1 aliphatic rings. The molecule has 1 aromatic heterocycles. The van der Waals surface area contributed by atoms with E-state index in [0.717, 1.165) is 5.69 Å². The fourth-order valence-corrected chi connectivity index (χ4v) is 2.10. The Kier molecular flexibility index (Phi) is 4.01. The molecule has 0 atom stereocenters. The first kappa shape index (κ1) is 14.4. The monoisotopic (exact) mass is 279 g/mol. The second kappa shape index (κ2) is 5.56. The molecule has 110 valence electrons. The Morgan fingerprint density at radius 2 is 1.90 bits per heavy atom. The number of hydrogen-bond donors (Lipinski definition) is 1. The summed E-state index contributed by atoms with van der Waals surface area (Å²) in [4.78, 5) is 29.6. The maximum atomic E-state index is 11.9. The molecule has 1 amide bonds. The van der Waals surface area contributed by atoms with E-state index >= 15 is 0 Å². The van der Waals surface area contributed by atoms with E-state index < -0.39 is 5.60 Å². The number of ether oxygens (including phenoxy) is 1. The van der Waals surface area contributed by atoms with Crippen molar-refractivity contribution in [2.24, 2.45) is 0 Å². The molecule has 1 N–H and O–H groups in total. The number of rotatable bonds is 1. The van der Waals surface area contributed by atoms with Gasteiger partial charge in [-0.05, 0) is 26.8 Å². The van der Waals surface area contributed by atoms with Crippen molar-refractivity contribution in [2.75, 3.05) is 31.1 Å². The first-order valence-corrected chi connectivity index (χ1v) is 6.77. The van der Waals surface area contributed by atoms with Gasteiger partial charge in [0.1, 0.15) is 5.60 Å². The zero-order valence-corrected chi connectivity index (χ0v) is 12.2. The van der Waals surface area contributed by atoms with Crippen molar-refractivity contribution in [3.8, 4) is 0 Å². The highest BCUT2D eigenvalue weighted by molar-refractivity contribution is 5.68. The van der Waals surface area contributed by atoms with E-state index in [2.05, 4.69) is 9.88 Å². The fraction of sp³-hybridized carbons (Fsp3) is 0.571. The van der Waals surface area contributed by atoms with E-state index in [9.17, 15) is 9.59 Å². The van der Waals surface area contributed by atoms with Crippen LogP contribution in [-0.4, -0.2) is 47.8 Å². The van der Waals surface area contributed by atoms with Crippen molar-refractivity contribution in [3.05, 3.63) is 28.7 Å². The van der Waals surface area contributed by atoms with Gasteiger partial charge in [-0.3, -0.25) is 4.79 Å². The summed E-state index contributed by atoms with van der Waals surface area (Å²) in [7, 11) is 0. The van der Waals surface area contributed by atoms with Crippen LogP contribution >= 0.6 is 0 Å². The van der Waals surface area contributed by atoms with Gasteiger partial charge in [-0.2, -0.15) is 0 Å². The van der Waals surface area contributed by atoms with Gasteiger partial charge in [-0.25, -0.2) is 4.79 Å². The van der Waals surface area contributed by atoms with Crippen LogP contribution in [0.25, 0.3) is 0 Å². The van der Waals surface area contributed by atoms with E-state index in [1.165, 1.54) is 0 Å². The molecule has 0 aliphatic carbocycles. The van der Waals surface area contributed by atoms with Gasteiger partial charge in [-0.1, -0.05) is 0 Å². The Labute approximate surface area is 118 Å². The average Bonchev–Trinajstić information content (AvgIpc) is 2.37. The summed E-state index contributed by atoms with van der Waals surface area (Å²) in [6.45, 7) is 8.17. The van der Waals surface area contributed by atoms with Gasteiger partial charge in [0.05, 0.1) is 0 Å². The number of anilines is 1. The molecule has 2 heterocycles. The SMILES string of the molecule is CC(C)(C)OC(=O)N1CCN(c2cc[nH]c(=O)c2)CC1. The number of carbonyl (C=O) groups is 1. The summed E-state index contributed by atoms with van der Waals surface area (Å²) >= 11 is 0. The van der Waals surface area contributed by atoms with E-state index in [0.29, 0.717) is 26.2 Å². The minimum absolute atomic E-state index is 0.114. The molecule has 6 nitrogen and oxygen atoms in total. The maximum absolute atomic E-state index is 11.9. The topological polar surface area (TPSA) is 65.6 Å². The molecule has 0 saturated carbocycles. The Morgan fingerprint density at radius 1 is 1.25 bits per heavy atom. The number of piperazine rings is 1. The molecule has 1 aliphatic heterocycles. The quantitative estimate of drug-likeness (QED) is 0.844. The van der Waals surface area contributed by atoms with Crippen LogP contribution in [0.5, 0.6) is 0 Å². The molecule has 0 radical (unpaired) electrons. The zero-order valence-electron chi connectivity index (χ0n) is 12.2. The van der Waals surface area contributed by atoms with Crippen LogP contribution in [0.3, 0.4) is 0 Å². The minimum atomic E-state index is -0.471. The second-order valence-electron chi connectivity index (χ2n) is 5.87. The van der Waals surface area contributed by atoms with E-state index in [4.69, 9.17) is 4.74 Å². The Hall–Kier alpha value is -1.98. The lowest BCUT2D eigenvalue weighted by Crippen LogP contribution is -2.50. The number of hydrogen-bond acceptors (Lipinski definition) is 4. The summed E-state index contributed by atoms with van der Waals surface area (Å²) in [6.07, 6.45) is 1.36. The van der Waals surface area contributed by atoms with Gasteiger partial charge in [0.25, 0.3) is 0 Å². The fourth-order valence-electron chi connectivity index (χ4n) is 2.10. The molecule has 0 unspecified atom stereocenters. The molecule has 1 fully saturated rings. The summed E-state index contributed by atoms with van der Waals surface area (Å²) in [5.41, 5.74) is 0.302. The number of nitrogens with one attached hydrogen (secondary N) is 1. The lowest BCUT2D eigenvalue weighted by molar-refractivity contribution is 0.0240. The van der Waals surface area contributed by atoms with Gasteiger partial charge >= 0.3 is 6.09 Å². The summed E-state index contributed by atoms with van der Waals surface area (Å²) in [5, 5.41) is 0. The number of carbonyl (C=O) groups excluding carboxylic acids is 1. The molecule has 2 rings (SSSR count). The highest BCUT2D eigenvalue weighted by Crippen LogP contribution is 2.15. The van der Waals surface area contributed by atoms with Gasteiger partial charge in [0.15, 0.2) is 0 Å². The molecular weight excluding hydrogens is 258 g/mol. The minimum Gasteiger partial charge on any atom is -0.444 e.